The van der Waals surface area contributed by atoms with Crippen LogP contribution in [-0.2, 0) is 0 Å². The molecule has 98 valence electrons. The summed E-state index contributed by atoms with van der Waals surface area (Å²) in [6.45, 7) is 4.31. The van der Waals surface area contributed by atoms with Crippen LogP contribution in [0, 0.1) is 5.92 Å². The summed E-state index contributed by atoms with van der Waals surface area (Å²) in [6.07, 6.45) is 2.59. The summed E-state index contributed by atoms with van der Waals surface area (Å²) in [5.74, 6) is 2.08. The van der Waals surface area contributed by atoms with Gasteiger partial charge in [-0.3, -0.25) is 4.79 Å². The number of carbonyl (C=O) groups excluding carboxylic acids is 1. The Morgan fingerprint density at radius 3 is 2.53 bits per heavy atom. The van der Waals surface area contributed by atoms with Gasteiger partial charge in [-0.1, -0.05) is 38.1 Å². The van der Waals surface area contributed by atoms with Gasteiger partial charge < -0.3 is 4.42 Å². The van der Waals surface area contributed by atoms with Crippen LogP contribution in [0.25, 0.3) is 0 Å². The third kappa shape index (κ3) is 2.35. The molecule has 0 amide bonds. The number of carbonyl (C=O) groups is 1. The van der Waals surface area contributed by atoms with Crippen LogP contribution in [0.1, 0.15) is 53.8 Å². The Kier molecular flexibility index (Phi) is 3.02. The lowest BCUT2D eigenvalue weighted by molar-refractivity contribution is 0.0964. The molecule has 2 nitrogen and oxygen atoms in total. The second-order valence-electron chi connectivity index (χ2n) is 5.61. The van der Waals surface area contributed by atoms with Crippen LogP contribution in [-0.4, -0.2) is 5.78 Å². The van der Waals surface area contributed by atoms with E-state index < -0.39 is 0 Å². The van der Waals surface area contributed by atoms with E-state index in [1.54, 1.807) is 6.26 Å². The number of furan rings is 1. The van der Waals surface area contributed by atoms with E-state index in [-0.39, 0.29) is 17.6 Å². The molecule has 2 aromatic rings. The molecular formula is C17H18O2. The van der Waals surface area contributed by atoms with Crippen molar-refractivity contribution in [2.45, 2.75) is 32.1 Å². The smallest absolute Gasteiger partial charge is 0.166 e. The fourth-order valence-electron chi connectivity index (χ4n) is 2.55. The maximum atomic E-state index is 12.4. The van der Waals surface area contributed by atoms with Gasteiger partial charge in [-0.05, 0) is 30.0 Å². The minimum absolute atomic E-state index is 0.107. The average Bonchev–Trinajstić information content (AvgIpc) is 3.03. The van der Waals surface area contributed by atoms with Gasteiger partial charge in [-0.2, -0.15) is 0 Å². The molecule has 0 bridgehead atoms. The Morgan fingerprint density at radius 1 is 1.21 bits per heavy atom. The first kappa shape index (κ1) is 12.2. The fourth-order valence-corrected chi connectivity index (χ4v) is 2.55. The maximum Gasteiger partial charge on any atom is 0.166 e. The van der Waals surface area contributed by atoms with Crippen molar-refractivity contribution in [3.8, 4) is 0 Å². The molecular weight excluding hydrogens is 236 g/mol. The summed E-state index contributed by atoms with van der Waals surface area (Å²) < 4.78 is 5.37. The molecule has 2 atom stereocenters. The van der Waals surface area contributed by atoms with E-state index in [9.17, 15) is 4.79 Å². The van der Waals surface area contributed by atoms with Gasteiger partial charge in [-0.25, -0.2) is 0 Å². The molecule has 19 heavy (non-hydrogen) atoms. The van der Waals surface area contributed by atoms with E-state index in [1.807, 2.05) is 24.3 Å². The van der Waals surface area contributed by atoms with Crippen molar-refractivity contribution in [1.82, 2.24) is 0 Å². The normalized spacial score (nSPS) is 21.6. The number of hydrogen-bond donors (Lipinski definition) is 0. The molecule has 1 heterocycles. The largest absolute Gasteiger partial charge is 0.469 e. The highest BCUT2D eigenvalue weighted by atomic mass is 16.3. The molecule has 3 rings (SSSR count). The molecule has 0 radical (unpaired) electrons. The minimum atomic E-state index is 0.107. The molecule has 0 spiro atoms. The van der Waals surface area contributed by atoms with E-state index in [2.05, 4.69) is 26.0 Å². The van der Waals surface area contributed by atoms with E-state index >= 15 is 0 Å². The Bertz CT molecular complexity index is 564. The van der Waals surface area contributed by atoms with Gasteiger partial charge in [0.2, 0.25) is 0 Å². The zero-order valence-electron chi connectivity index (χ0n) is 11.3. The molecule has 0 saturated heterocycles. The van der Waals surface area contributed by atoms with Crippen molar-refractivity contribution in [1.29, 1.82) is 0 Å². The molecule has 0 aliphatic heterocycles. The number of Topliss-reactive ketones (excluding diaryl/α,β-unsaturated/α-hetero) is 1. The quantitative estimate of drug-likeness (QED) is 0.757. The van der Waals surface area contributed by atoms with Crippen LogP contribution in [0.15, 0.2) is 47.1 Å². The van der Waals surface area contributed by atoms with Crippen LogP contribution in [0.5, 0.6) is 0 Å². The van der Waals surface area contributed by atoms with Crippen molar-refractivity contribution in [2.75, 3.05) is 0 Å². The highest BCUT2D eigenvalue weighted by Crippen LogP contribution is 2.49. The Hall–Kier alpha value is -1.83. The van der Waals surface area contributed by atoms with Crippen LogP contribution < -0.4 is 0 Å². The molecule has 2 unspecified atom stereocenters. The first-order chi connectivity index (χ1) is 9.16. The van der Waals surface area contributed by atoms with Crippen LogP contribution in [0.4, 0.5) is 0 Å². The fraction of sp³-hybridized carbons (Fsp3) is 0.353. The Balaban J connectivity index is 1.72. The lowest BCUT2D eigenvalue weighted by Gasteiger charge is -2.06. The standard InChI is InChI=1S/C17H18O2/c1-11(2)12-5-7-13(8-6-12)17(18)15-10-14(15)16-4-3-9-19-16/h3-9,11,14-15H,10H2,1-2H3. The number of hydrogen-bond acceptors (Lipinski definition) is 2. The summed E-state index contributed by atoms with van der Waals surface area (Å²) in [5, 5.41) is 0. The first-order valence-corrected chi connectivity index (χ1v) is 6.84. The summed E-state index contributed by atoms with van der Waals surface area (Å²) in [7, 11) is 0. The van der Waals surface area contributed by atoms with Crippen LogP contribution in [0.3, 0.4) is 0 Å². The van der Waals surface area contributed by atoms with Crippen molar-refractivity contribution in [3.05, 3.63) is 59.5 Å². The highest BCUT2D eigenvalue weighted by molar-refractivity contribution is 6.00. The van der Waals surface area contributed by atoms with Crippen molar-refractivity contribution in [3.63, 3.8) is 0 Å². The molecule has 1 aliphatic rings. The van der Waals surface area contributed by atoms with Crippen molar-refractivity contribution in [2.24, 2.45) is 5.92 Å². The lowest BCUT2D eigenvalue weighted by Crippen LogP contribution is -2.03. The minimum Gasteiger partial charge on any atom is -0.469 e. The van der Waals surface area contributed by atoms with Gasteiger partial charge >= 0.3 is 0 Å². The second-order valence-corrected chi connectivity index (χ2v) is 5.61. The summed E-state index contributed by atoms with van der Waals surface area (Å²) in [6, 6.07) is 11.9. The predicted molar refractivity (Wildman–Crippen MR) is 74.4 cm³/mol. The SMILES string of the molecule is CC(C)c1ccc(C(=O)C2CC2c2ccco2)cc1. The van der Waals surface area contributed by atoms with E-state index in [4.69, 9.17) is 4.42 Å². The summed E-state index contributed by atoms with van der Waals surface area (Å²) >= 11 is 0. The molecule has 0 N–H and O–H groups in total. The first-order valence-electron chi connectivity index (χ1n) is 6.84. The third-order valence-corrected chi connectivity index (χ3v) is 3.90. The number of ketones is 1. The zero-order chi connectivity index (χ0) is 13.4. The molecule has 1 aromatic carbocycles. The number of benzene rings is 1. The second kappa shape index (κ2) is 4.69. The summed E-state index contributed by atoms with van der Waals surface area (Å²) in [4.78, 5) is 12.4. The van der Waals surface area contributed by atoms with E-state index in [0.717, 1.165) is 17.7 Å². The lowest BCUT2D eigenvalue weighted by atomic mass is 9.99. The zero-order valence-corrected chi connectivity index (χ0v) is 11.3. The molecule has 1 fully saturated rings. The van der Waals surface area contributed by atoms with Crippen LogP contribution in [0.2, 0.25) is 0 Å². The third-order valence-electron chi connectivity index (χ3n) is 3.90. The van der Waals surface area contributed by atoms with Gasteiger partial charge in [0, 0.05) is 17.4 Å². The van der Waals surface area contributed by atoms with Crippen molar-refractivity contribution >= 4 is 5.78 Å². The van der Waals surface area contributed by atoms with Gasteiger partial charge in [-0.15, -0.1) is 0 Å². The van der Waals surface area contributed by atoms with Gasteiger partial charge in [0.25, 0.3) is 0 Å². The molecule has 1 aliphatic carbocycles. The van der Waals surface area contributed by atoms with E-state index in [1.165, 1.54) is 5.56 Å². The van der Waals surface area contributed by atoms with Crippen LogP contribution >= 0.6 is 0 Å². The number of rotatable bonds is 4. The van der Waals surface area contributed by atoms with Gasteiger partial charge in [0.15, 0.2) is 5.78 Å². The monoisotopic (exact) mass is 254 g/mol. The van der Waals surface area contributed by atoms with E-state index in [0.29, 0.717) is 5.92 Å². The predicted octanol–water partition coefficient (Wildman–Crippen LogP) is 4.39. The topological polar surface area (TPSA) is 30.2 Å². The van der Waals surface area contributed by atoms with Gasteiger partial charge in [0.1, 0.15) is 5.76 Å². The average molecular weight is 254 g/mol. The van der Waals surface area contributed by atoms with Crippen molar-refractivity contribution < 1.29 is 9.21 Å². The maximum absolute atomic E-state index is 12.4. The molecule has 1 aromatic heterocycles. The Labute approximate surface area is 113 Å². The molecule has 2 heteroatoms. The highest BCUT2D eigenvalue weighted by Gasteiger charge is 2.45. The Morgan fingerprint density at radius 2 is 1.95 bits per heavy atom. The van der Waals surface area contributed by atoms with Gasteiger partial charge in [0.05, 0.1) is 6.26 Å². The summed E-state index contributed by atoms with van der Waals surface area (Å²) in [5.41, 5.74) is 2.10. The molecule has 1 saturated carbocycles.